The van der Waals surface area contributed by atoms with Gasteiger partial charge in [0.1, 0.15) is 11.4 Å². The first-order valence-electron chi connectivity index (χ1n) is 13.6. The van der Waals surface area contributed by atoms with Crippen molar-refractivity contribution in [1.29, 1.82) is 0 Å². The molecule has 1 saturated heterocycles. The Bertz CT molecular complexity index is 918. The first-order valence-corrected chi connectivity index (χ1v) is 13.6. The molecule has 1 aliphatic carbocycles. The van der Waals surface area contributed by atoms with Crippen LogP contribution in [0.2, 0.25) is 0 Å². The Kier molecular flexibility index (Phi) is 8.52. The van der Waals surface area contributed by atoms with Gasteiger partial charge in [-0.05, 0) is 78.7 Å². The summed E-state index contributed by atoms with van der Waals surface area (Å²) in [6.45, 7) is 9.87. The van der Waals surface area contributed by atoms with Crippen LogP contribution in [0.1, 0.15) is 115 Å². The average molecular weight is 485 g/mol. The number of piperidine rings is 1. The van der Waals surface area contributed by atoms with Crippen LogP contribution in [0.5, 0.6) is 0 Å². The van der Waals surface area contributed by atoms with Gasteiger partial charge in [-0.3, -0.25) is 0 Å². The third-order valence-corrected chi connectivity index (χ3v) is 7.36. The highest BCUT2D eigenvalue weighted by atomic mass is 16.6. The van der Waals surface area contributed by atoms with Crippen LogP contribution in [0.3, 0.4) is 0 Å². The minimum absolute atomic E-state index is 0.178. The summed E-state index contributed by atoms with van der Waals surface area (Å²) < 4.78 is 10.3. The molecular weight excluding hydrogens is 440 g/mol. The van der Waals surface area contributed by atoms with Gasteiger partial charge in [0.15, 0.2) is 0 Å². The van der Waals surface area contributed by atoms with Crippen LogP contribution in [0, 0.1) is 0 Å². The van der Waals surface area contributed by atoms with Gasteiger partial charge in [-0.25, -0.2) is 14.8 Å². The number of nitrogens with zero attached hydrogens (tertiary/aromatic N) is 4. The topological polar surface area (TPSA) is 86.0 Å². The van der Waals surface area contributed by atoms with Crippen LogP contribution in [0.15, 0.2) is 24.9 Å². The molecule has 1 unspecified atom stereocenters. The average Bonchev–Trinajstić information content (AvgIpc) is 3.49. The molecule has 2 N–H and O–H groups in total. The van der Waals surface area contributed by atoms with Crippen molar-refractivity contribution in [2.45, 2.75) is 122 Å². The van der Waals surface area contributed by atoms with Crippen LogP contribution in [0.4, 0.5) is 4.79 Å². The number of amides is 1. The largest absolute Gasteiger partial charge is 0.444 e. The molecule has 0 bridgehead atoms. The second-order valence-corrected chi connectivity index (χ2v) is 11.3. The molecule has 2 fully saturated rings. The Morgan fingerprint density at radius 3 is 2.66 bits per heavy atom. The van der Waals surface area contributed by atoms with Crippen molar-refractivity contribution >= 4 is 6.09 Å². The van der Waals surface area contributed by atoms with Gasteiger partial charge in [-0.1, -0.05) is 13.3 Å². The molecule has 0 aromatic carbocycles. The standard InChI is InChI=1S/C27H44N6O2/c1-5-15-33-24(20-9-11-22(12-10-20)32-16-14-28-19-32)18-30-25(33)23(17-21-8-6-7-13-29-21)31-26(34)35-27(2,3)4/h14,16,18-23,29H,5-13,15,17H2,1-4H3,(H,31,34)/t20?,21?,22?,23-/m0/s1. The maximum absolute atomic E-state index is 12.8. The number of rotatable bonds is 8. The van der Waals surface area contributed by atoms with Crippen LogP contribution in [0.25, 0.3) is 0 Å². The Morgan fingerprint density at radius 1 is 1.23 bits per heavy atom. The van der Waals surface area contributed by atoms with Gasteiger partial charge in [-0.15, -0.1) is 0 Å². The summed E-state index contributed by atoms with van der Waals surface area (Å²) >= 11 is 0. The zero-order chi connectivity index (χ0) is 24.8. The Morgan fingerprint density at radius 2 is 2.03 bits per heavy atom. The Labute approximate surface area is 210 Å². The molecule has 2 aromatic rings. The zero-order valence-electron chi connectivity index (χ0n) is 22.0. The van der Waals surface area contributed by atoms with E-state index in [9.17, 15) is 4.79 Å². The summed E-state index contributed by atoms with van der Waals surface area (Å²) in [6.07, 6.45) is 17.6. The molecule has 1 aliphatic heterocycles. The summed E-state index contributed by atoms with van der Waals surface area (Å²) in [6, 6.07) is 0.738. The molecule has 2 aromatic heterocycles. The summed E-state index contributed by atoms with van der Waals surface area (Å²) in [5.74, 6) is 1.47. The Hall–Kier alpha value is -2.35. The molecular formula is C27H44N6O2. The van der Waals surface area contributed by atoms with E-state index in [1.54, 1.807) is 0 Å². The van der Waals surface area contributed by atoms with Crippen molar-refractivity contribution in [2.24, 2.45) is 0 Å². The number of aromatic nitrogens is 4. The number of nitrogens with one attached hydrogen (secondary N) is 2. The second-order valence-electron chi connectivity index (χ2n) is 11.3. The lowest BCUT2D eigenvalue weighted by atomic mass is 9.84. The fraction of sp³-hybridized carbons (Fsp3) is 0.741. The highest BCUT2D eigenvalue weighted by Gasteiger charge is 2.31. The highest BCUT2D eigenvalue weighted by Crippen LogP contribution is 2.39. The number of carbonyl (C=O) groups is 1. The molecule has 2 atom stereocenters. The van der Waals surface area contributed by atoms with Crippen molar-refractivity contribution in [3.63, 3.8) is 0 Å². The molecule has 194 valence electrons. The number of hydrogen-bond donors (Lipinski definition) is 2. The van der Waals surface area contributed by atoms with Crippen LogP contribution >= 0.6 is 0 Å². The van der Waals surface area contributed by atoms with E-state index < -0.39 is 5.60 Å². The number of alkyl carbamates (subject to hydrolysis) is 1. The van der Waals surface area contributed by atoms with Gasteiger partial charge in [0.25, 0.3) is 0 Å². The lowest BCUT2D eigenvalue weighted by molar-refractivity contribution is 0.0493. The fourth-order valence-electron chi connectivity index (χ4n) is 5.72. The molecule has 1 amide bonds. The van der Waals surface area contributed by atoms with Crippen molar-refractivity contribution in [3.8, 4) is 0 Å². The number of imidazole rings is 2. The first kappa shape index (κ1) is 25.7. The van der Waals surface area contributed by atoms with Gasteiger partial charge in [0.05, 0.1) is 12.4 Å². The molecule has 0 radical (unpaired) electrons. The first-order chi connectivity index (χ1) is 16.8. The van der Waals surface area contributed by atoms with Gasteiger partial charge >= 0.3 is 6.09 Å². The van der Waals surface area contributed by atoms with E-state index in [1.165, 1.54) is 18.5 Å². The van der Waals surface area contributed by atoms with E-state index >= 15 is 0 Å². The van der Waals surface area contributed by atoms with Crippen molar-refractivity contribution in [3.05, 3.63) is 36.4 Å². The third-order valence-electron chi connectivity index (χ3n) is 7.36. The molecule has 2 aliphatic rings. The molecule has 35 heavy (non-hydrogen) atoms. The van der Waals surface area contributed by atoms with Crippen molar-refractivity contribution < 1.29 is 9.53 Å². The summed E-state index contributed by atoms with van der Waals surface area (Å²) in [7, 11) is 0. The predicted molar refractivity (Wildman–Crippen MR) is 137 cm³/mol. The van der Waals surface area contributed by atoms with Crippen LogP contribution in [-0.4, -0.2) is 43.4 Å². The molecule has 4 rings (SSSR count). The smallest absolute Gasteiger partial charge is 0.408 e. The van der Waals surface area contributed by atoms with E-state index in [0.29, 0.717) is 18.0 Å². The fourth-order valence-corrected chi connectivity index (χ4v) is 5.72. The monoisotopic (exact) mass is 484 g/mol. The normalized spacial score (nSPS) is 24.2. The minimum atomic E-state index is -0.532. The lowest BCUT2D eigenvalue weighted by Crippen LogP contribution is -2.41. The quantitative estimate of drug-likeness (QED) is 0.518. The Balaban J connectivity index is 1.53. The van der Waals surface area contributed by atoms with Gasteiger partial charge < -0.3 is 24.5 Å². The maximum atomic E-state index is 12.8. The summed E-state index contributed by atoms with van der Waals surface area (Å²) in [5.41, 5.74) is 0.786. The molecule has 8 nitrogen and oxygen atoms in total. The minimum Gasteiger partial charge on any atom is -0.444 e. The molecule has 1 saturated carbocycles. The number of carbonyl (C=O) groups excluding carboxylic acids is 1. The number of hydrogen-bond acceptors (Lipinski definition) is 5. The van der Waals surface area contributed by atoms with E-state index in [1.807, 2.05) is 33.3 Å². The molecule has 8 heteroatoms. The van der Waals surface area contributed by atoms with E-state index in [2.05, 4.69) is 44.1 Å². The van der Waals surface area contributed by atoms with Gasteiger partial charge in [0, 0.05) is 48.8 Å². The maximum Gasteiger partial charge on any atom is 0.408 e. The third kappa shape index (κ3) is 6.87. The number of ether oxygens (including phenoxy) is 1. The molecule has 0 spiro atoms. The summed E-state index contributed by atoms with van der Waals surface area (Å²) in [4.78, 5) is 22.0. The van der Waals surface area contributed by atoms with Crippen molar-refractivity contribution in [1.82, 2.24) is 29.7 Å². The van der Waals surface area contributed by atoms with E-state index in [0.717, 1.165) is 63.9 Å². The van der Waals surface area contributed by atoms with Crippen molar-refractivity contribution in [2.75, 3.05) is 6.54 Å². The van der Waals surface area contributed by atoms with E-state index in [-0.39, 0.29) is 12.1 Å². The van der Waals surface area contributed by atoms with Crippen LogP contribution in [-0.2, 0) is 11.3 Å². The highest BCUT2D eigenvalue weighted by molar-refractivity contribution is 5.68. The van der Waals surface area contributed by atoms with Crippen LogP contribution < -0.4 is 10.6 Å². The predicted octanol–water partition coefficient (Wildman–Crippen LogP) is 5.49. The van der Waals surface area contributed by atoms with E-state index in [4.69, 9.17) is 9.72 Å². The van der Waals surface area contributed by atoms with Gasteiger partial charge in [0.2, 0.25) is 0 Å². The summed E-state index contributed by atoms with van der Waals surface area (Å²) in [5, 5.41) is 6.83. The molecule has 3 heterocycles. The van der Waals surface area contributed by atoms with Gasteiger partial charge in [-0.2, -0.15) is 0 Å². The zero-order valence-corrected chi connectivity index (χ0v) is 22.0. The second kappa shape index (κ2) is 11.6. The lowest BCUT2D eigenvalue weighted by Gasteiger charge is -2.31. The SMILES string of the molecule is CCCn1c(C2CCC(n3ccnc3)CC2)cnc1[C@H](CC1CCCCN1)NC(=O)OC(C)(C)C.